The molecular weight excluding hydrogens is 262 g/mol. The second-order valence-electron chi connectivity index (χ2n) is 8.05. The second-order valence-corrected chi connectivity index (χ2v) is 8.05. The van der Waals surface area contributed by atoms with E-state index in [2.05, 4.69) is 27.7 Å². The Morgan fingerprint density at radius 2 is 1.29 bits per heavy atom. The molecule has 21 heavy (non-hydrogen) atoms. The summed E-state index contributed by atoms with van der Waals surface area (Å²) < 4.78 is 11.2. The highest BCUT2D eigenvalue weighted by molar-refractivity contribution is 5.50. The van der Waals surface area contributed by atoms with Crippen molar-refractivity contribution in [3.05, 3.63) is 23.8 Å². The number of hydrogen-bond acceptors (Lipinski definition) is 3. The number of benzene rings is 1. The zero-order valence-corrected chi connectivity index (χ0v) is 14.2. The van der Waals surface area contributed by atoms with Crippen molar-refractivity contribution < 1.29 is 9.47 Å². The second kappa shape index (κ2) is 5.20. The molecule has 1 aromatic rings. The van der Waals surface area contributed by atoms with Gasteiger partial charge >= 0.3 is 0 Å². The van der Waals surface area contributed by atoms with Crippen LogP contribution in [0.4, 0.5) is 0 Å². The first kappa shape index (κ1) is 16.2. The monoisotopic (exact) mass is 291 g/mol. The van der Waals surface area contributed by atoms with Gasteiger partial charge in [-0.15, -0.1) is 0 Å². The summed E-state index contributed by atoms with van der Waals surface area (Å²) in [5.41, 5.74) is 7.90. The van der Waals surface area contributed by atoms with Gasteiger partial charge < -0.3 is 15.2 Å². The number of hydrogen-bond donors (Lipinski definition) is 1. The van der Waals surface area contributed by atoms with Crippen LogP contribution in [0.3, 0.4) is 0 Å². The normalized spacial score (nSPS) is 22.6. The van der Waals surface area contributed by atoms with E-state index in [1.165, 1.54) is 6.42 Å². The lowest BCUT2D eigenvalue weighted by atomic mass is 9.57. The highest BCUT2D eigenvalue weighted by Crippen LogP contribution is 2.55. The van der Waals surface area contributed by atoms with Gasteiger partial charge in [0, 0.05) is 5.54 Å². The SMILES string of the molecule is COc1cccc(OC)c1C1(N)CC(C)(C)CC(C)(C)C1. The average molecular weight is 291 g/mol. The van der Waals surface area contributed by atoms with Gasteiger partial charge in [-0.25, -0.2) is 0 Å². The fourth-order valence-electron chi connectivity index (χ4n) is 4.71. The van der Waals surface area contributed by atoms with Crippen LogP contribution in [0.5, 0.6) is 11.5 Å². The van der Waals surface area contributed by atoms with E-state index in [-0.39, 0.29) is 10.8 Å². The zero-order chi connectivity index (χ0) is 15.9. The summed E-state index contributed by atoms with van der Waals surface area (Å²) in [7, 11) is 3.39. The first-order valence-electron chi connectivity index (χ1n) is 7.63. The summed E-state index contributed by atoms with van der Waals surface area (Å²) in [6, 6.07) is 5.89. The Hall–Kier alpha value is -1.22. The molecule has 0 saturated heterocycles. The summed E-state index contributed by atoms with van der Waals surface area (Å²) >= 11 is 0. The minimum absolute atomic E-state index is 0.197. The molecule has 3 heteroatoms. The molecule has 1 aliphatic carbocycles. The van der Waals surface area contributed by atoms with Crippen LogP contribution in [0.1, 0.15) is 52.5 Å². The summed E-state index contributed by atoms with van der Waals surface area (Å²) in [5.74, 6) is 1.65. The van der Waals surface area contributed by atoms with Crippen molar-refractivity contribution in [2.24, 2.45) is 16.6 Å². The molecule has 0 bridgehead atoms. The van der Waals surface area contributed by atoms with E-state index in [1.54, 1.807) is 14.2 Å². The van der Waals surface area contributed by atoms with Crippen molar-refractivity contribution in [3.63, 3.8) is 0 Å². The van der Waals surface area contributed by atoms with E-state index in [9.17, 15) is 0 Å². The fourth-order valence-corrected chi connectivity index (χ4v) is 4.71. The highest BCUT2D eigenvalue weighted by Gasteiger charge is 2.48. The molecule has 0 aromatic heterocycles. The van der Waals surface area contributed by atoms with Crippen LogP contribution in [-0.4, -0.2) is 14.2 Å². The molecule has 1 aromatic carbocycles. The number of ether oxygens (including phenoxy) is 2. The first-order chi connectivity index (χ1) is 9.62. The van der Waals surface area contributed by atoms with Gasteiger partial charge in [-0.1, -0.05) is 33.8 Å². The molecule has 2 rings (SSSR count). The minimum Gasteiger partial charge on any atom is -0.496 e. The Kier molecular flexibility index (Phi) is 4.00. The molecule has 0 aliphatic heterocycles. The Bertz CT molecular complexity index is 482. The van der Waals surface area contributed by atoms with Crippen LogP contribution in [0.15, 0.2) is 18.2 Å². The van der Waals surface area contributed by atoms with Gasteiger partial charge in [-0.2, -0.15) is 0 Å². The highest BCUT2D eigenvalue weighted by atomic mass is 16.5. The van der Waals surface area contributed by atoms with Gasteiger partial charge in [0.25, 0.3) is 0 Å². The number of rotatable bonds is 3. The van der Waals surface area contributed by atoms with Crippen molar-refractivity contribution in [2.45, 2.75) is 52.5 Å². The van der Waals surface area contributed by atoms with Crippen LogP contribution in [0.25, 0.3) is 0 Å². The molecule has 1 fully saturated rings. The average Bonchev–Trinajstić information content (AvgIpc) is 2.33. The largest absolute Gasteiger partial charge is 0.496 e. The maximum Gasteiger partial charge on any atom is 0.127 e. The molecule has 0 amide bonds. The Labute approximate surface area is 128 Å². The predicted octanol–water partition coefficient (Wildman–Crippen LogP) is 4.09. The molecule has 3 nitrogen and oxygen atoms in total. The number of nitrogens with two attached hydrogens (primary N) is 1. The third-order valence-electron chi connectivity index (χ3n) is 4.47. The van der Waals surface area contributed by atoms with Crippen molar-refractivity contribution in [3.8, 4) is 11.5 Å². The van der Waals surface area contributed by atoms with Gasteiger partial charge in [0.1, 0.15) is 11.5 Å². The fraction of sp³-hybridized carbons (Fsp3) is 0.667. The van der Waals surface area contributed by atoms with Crippen molar-refractivity contribution >= 4 is 0 Å². The molecule has 0 spiro atoms. The van der Waals surface area contributed by atoms with Gasteiger partial charge in [0.2, 0.25) is 0 Å². The van der Waals surface area contributed by atoms with E-state index in [4.69, 9.17) is 15.2 Å². The van der Waals surface area contributed by atoms with Crippen LogP contribution in [-0.2, 0) is 5.54 Å². The molecule has 0 unspecified atom stereocenters. The molecule has 118 valence electrons. The summed E-state index contributed by atoms with van der Waals surface area (Å²) in [4.78, 5) is 0. The van der Waals surface area contributed by atoms with Crippen LogP contribution >= 0.6 is 0 Å². The topological polar surface area (TPSA) is 44.5 Å². The van der Waals surface area contributed by atoms with Crippen molar-refractivity contribution in [1.29, 1.82) is 0 Å². The van der Waals surface area contributed by atoms with E-state index in [1.807, 2.05) is 18.2 Å². The van der Waals surface area contributed by atoms with E-state index in [0.29, 0.717) is 0 Å². The molecule has 1 saturated carbocycles. The van der Waals surface area contributed by atoms with E-state index >= 15 is 0 Å². The molecule has 2 N–H and O–H groups in total. The van der Waals surface area contributed by atoms with Gasteiger partial charge in [0.05, 0.1) is 19.8 Å². The first-order valence-corrected chi connectivity index (χ1v) is 7.63. The van der Waals surface area contributed by atoms with Gasteiger partial charge in [-0.05, 0) is 42.2 Å². The lowest BCUT2D eigenvalue weighted by molar-refractivity contribution is 0.0447. The summed E-state index contributed by atoms with van der Waals surface area (Å²) in [6.45, 7) is 9.21. The summed E-state index contributed by atoms with van der Waals surface area (Å²) in [5, 5.41) is 0. The Morgan fingerprint density at radius 1 is 0.857 bits per heavy atom. The van der Waals surface area contributed by atoms with Gasteiger partial charge in [-0.3, -0.25) is 0 Å². The third-order valence-corrected chi connectivity index (χ3v) is 4.47. The lowest BCUT2D eigenvalue weighted by Gasteiger charge is -2.51. The summed E-state index contributed by atoms with van der Waals surface area (Å²) in [6.07, 6.45) is 3.04. The van der Waals surface area contributed by atoms with Crippen LogP contribution in [0, 0.1) is 10.8 Å². The third kappa shape index (κ3) is 3.18. The lowest BCUT2D eigenvalue weighted by Crippen LogP contribution is -2.50. The molecule has 0 atom stereocenters. The quantitative estimate of drug-likeness (QED) is 0.912. The standard InChI is InChI=1S/C18H29NO2/c1-16(2)10-17(3,4)12-18(19,11-16)15-13(20-5)8-7-9-14(15)21-6/h7-9H,10-12,19H2,1-6H3. The molecular formula is C18H29NO2. The predicted molar refractivity (Wildman–Crippen MR) is 86.8 cm³/mol. The minimum atomic E-state index is -0.427. The van der Waals surface area contributed by atoms with Crippen LogP contribution < -0.4 is 15.2 Å². The maximum atomic E-state index is 6.92. The Morgan fingerprint density at radius 3 is 1.67 bits per heavy atom. The molecule has 0 heterocycles. The van der Waals surface area contributed by atoms with Crippen LogP contribution in [0.2, 0.25) is 0 Å². The van der Waals surface area contributed by atoms with E-state index in [0.717, 1.165) is 29.9 Å². The smallest absolute Gasteiger partial charge is 0.127 e. The zero-order valence-electron chi connectivity index (χ0n) is 14.2. The Balaban J connectivity index is 2.58. The number of methoxy groups -OCH3 is 2. The van der Waals surface area contributed by atoms with E-state index < -0.39 is 5.54 Å². The molecule has 1 aliphatic rings. The maximum absolute atomic E-state index is 6.92. The van der Waals surface area contributed by atoms with Crippen molar-refractivity contribution in [2.75, 3.05) is 14.2 Å². The van der Waals surface area contributed by atoms with Crippen molar-refractivity contribution in [1.82, 2.24) is 0 Å². The van der Waals surface area contributed by atoms with Gasteiger partial charge in [0.15, 0.2) is 0 Å². The molecule has 0 radical (unpaired) electrons.